The summed E-state index contributed by atoms with van der Waals surface area (Å²) in [7, 11) is 5.45. The summed E-state index contributed by atoms with van der Waals surface area (Å²) >= 11 is 0. The van der Waals surface area contributed by atoms with Gasteiger partial charge in [0, 0.05) is 5.39 Å². The maximum Gasteiger partial charge on any atom is 0.141 e. The predicted molar refractivity (Wildman–Crippen MR) is 63.2 cm³/mol. The van der Waals surface area contributed by atoms with Crippen molar-refractivity contribution in [2.45, 2.75) is 13.8 Å². The molecule has 0 spiro atoms. The number of nitriles is 1. The van der Waals surface area contributed by atoms with E-state index >= 15 is 0 Å². The van der Waals surface area contributed by atoms with Crippen molar-refractivity contribution in [2.75, 3.05) is 0 Å². The van der Waals surface area contributed by atoms with Gasteiger partial charge in [-0.25, -0.2) is 4.39 Å². The minimum atomic E-state index is -0.397. The van der Waals surface area contributed by atoms with E-state index in [0.717, 1.165) is 0 Å². The monoisotopic (exact) mass is 212 g/mol. The molecule has 16 heavy (non-hydrogen) atoms. The van der Waals surface area contributed by atoms with Crippen LogP contribution in [0.15, 0.2) is 24.3 Å². The van der Waals surface area contributed by atoms with Gasteiger partial charge >= 0.3 is 0 Å². The van der Waals surface area contributed by atoms with Crippen LogP contribution in [-0.2, 0) is 0 Å². The highest BCUT2D eigenvalue weighted by Gasteiger charge is 2.06. The SMILES string of the molecule is CC.[B]c1ccc2c(F)ccc(C#N)c2n1. The van der Waals surface area contributed by atoms with E-state index in [-0.39, 0.29) is 5.59 Å². The Morgan fingerprint density at radius 3 is 2.56 bits per heavy atom. The highest BCUT2D eigenvalue weighted by molar-refractivity contribution is 6.31. The molecule has 0 bridgehead atoms. The van der Waals surface area contributed by atoms with Gasteiger partial charge in [-0.2, -0.15) is 5.26 Å². The largest absolute Gasteiger partial charge is 0.263 e. The first kappa shape index (κ1) is 12.2. The summed E-state index contributed by atoms with van der Waals surface area (Å²) in [5.41, 5.74) is 0.917. The van der Waals surface area contributed by atoms with E-state index in [1.165, 1.54) is 24.3 Å². The van der Waals surface area contributed by atoms with Crippen LogP contribution in [0.5, 0.6) is 0 Å². The number of rotatable bonds is 0. The van der Waals surface area contributed by atoms with Crippen molar-refractivity contribution in [3.05, 3.63) is 35.6 Å². The number of fused-ring (bicyclic) bond motifs is 1. The van der Waals surface area contributed by atoms with Gasteiger partial charge in [0.2, 0.25) is 0 Å². The van der Waals surface area contributed by atoms with E-state index in [1.807, 2.05) is 19.9 Å². The van der Waals surface area contributed by atoms with E-state index in [9.17, 15) is 4.39 Å². The molecule has 4 heteroatoms. The van der Waals surface area contributed by atoms with Gasteiger partial charge < -0.3 is 0 Å². The average Bonchev–Trinajstić information content (AvgIpc) is 2.32. The summed E-state index contributed by atoms with van der Waals surface area (Å²) in [6.07, 6.45) is 0. The molecule has 0 fully saturated rings. The quantitative estimate of drug-likeness (QED) is 0.626. The van der Waals surface area contributed by atoms with Crippen LogP contribution < -0.4 is 5.59 Å². The van der Waals surface area contributed by atoms with Gasteiger partial charge in [0.25, 0.3) is 0 Å². The van der Waals surface area contributed by atoms with Gasteiger partial charge in [0.15, 0.2) is 0 Å². The number of hydrogen-bond acceptors (Lipinski definition) is 2. The molecule has 0 saturated heterocycles. The van der Waals surface area contributed by atoms with Crippen molar-refractivity contribution in [1.29, 1.82) is 5.26 Å². The number of pyridine rings is 1. The van der Waals surface area contributed by atoms with E-state index in [0.29, 0.717) is 16.5 Å². The molecule has 0 unspecified atom stereocenters. The zero-order valence-corrected chi connectivity index (χ0v) is 9.16. The Bertz CT molecular complexity index is 546. The van der Waals surface area contributed by atoms with E-state index in [2.05, 4.69) is 4.98 Å². The van der Waals surface area contributed by atoms with E-state index in [1.54, 1.807) is 0 Å². The molecular formula is C12H10BFN2. The third-order valence-electron chi connectivity index (χ3n) is 1.95. The van der Waals surface area contributed by atoms with Crippen molar-refractivity contribution in [2.24, 2.45) is 0 Å². The molecule has 2 radical (unpaired) electrons. The molecule has 78 valence electrons. The lowest BCUT2D eigenvalue weighted by Crippen LogP contribution is -2.07. The van der Waals surface area contributed by atoms with Gasteiger partial charge in [0.05, 0.1) is 11.1 Å². The standard InChI is InChI=1S/C10H4BFN2.C2H6/c11-9-4-2-7-8(12)3-1-6(5-13)10(7)14-9;1-2/h1-4H;1-2H3. The summed E-state index contributed by atoms with van der Waals surface area (Å²) in [4.78, 5) is 3.92. The lowest BCUT2D eigenvalue weighted by atomic mass is 10.0. The maximum absolute atomic E-state index is 13.2. The molecule has 2 rings (SSSR count). The maximum atomic E-state index is 13.2. The number of nitrogens with zero attached hydrogens (tertiary/aromatic N) is 2. The third kappa shape index (κ3) is 2.19. The Hall–Kier alpha value is -1.89. The highest BCUT2D eigenvalue weighted by atomic mass is 19.1. The molecule has 0 aliphatic rings. The Labute approximate surface area is 95.1 Å². The second-order valence-corrected chi connectivity index (χ2v) is 2.84. The molecule has 1 aromatic carbocycles. The van der Waals surface area contributed by atoms with Crippen molar-refractivity contribution >= 4 is 24.3 Å². The fourth-order valence-electron chi connectivity index (χ4n) is 1.29. The van der Waals surface area contributed by atoms with E-state index < -0.39 is 5.82 Å². The Kier molecular flexibility index (Phi) is 4.01. The fraction of sp³-hybridized carbons (Fsp3) is 0.167. The number of halogens is 1. The van der Waals surface area contributed by atoms with Crippen molar-refractivity contribution in [1.82, 2.24) is 4.98 Å². The number of hydrogen-bond donors (Lipinski definition) is 0. The molecule has 0 aliphatic heterocycles. The molecule has 0 aliphatic carbocycles. The fourth-order valence-corrected chi connectivity index (χ4v) is 1.29. The second-order valence-electron chi connectivity index (χ2n) is 2.84. The van der Waals surface area contributed by atoms with Crippen LogP contribution >= 0.6 is 0 Å². The summed E-state index contributed by atoms with van der Waals surface area (Å²) in [6, 6.07) is 7.61. The van der Waals surface area contributed by atoms with Crippen LogP contribution in [-0.4, -0.2) is 12.8 Å². The van der Waals surface area contributed by atoms with Crippen LogP contribution in [0, 0.1) is 17.1 Å². The minimum Gasteiger partial charge on any atom is -0.263 e. The van der Waals surface area contributed by atoms with Crippen molar-refractivity contribution < 1.29 is 4.39 Å². The van der Waals surface area contributed by atoms with Crippen LogP contribution in [0.1, 0.15) is 19.4 Å². The second kappa shape index (κ2) is 5.27. The summed E-state index contributed by atoms with van der Waals surface area (Å²) in [6.45, 7) is 4.00. The lowest BCUT2D eigenvalue weighted by Gasteiger charge is -2.01. The van der Waals surface area contributed by atoms with Gasteiger partial charge in [-0.15, -0.1) is 0 Å². The smallest absolute Gasteiger partial charge is 0.141 e. The topological polar surface area (TPSA) is 36.7 Å². The normalized spacial score (nSPS) is 9.12. The van der Waals surface area contributed by atoms with Gasteiger partial charge in [0.1, 0.15) is 19.7 Å². The number of aromatic nitrogens is 1. The molecule has 1 aromatic heterocycles. The van der Waals surface area contributed by atoms with E-state index in [4.69, 9.17) is 13.1 Å². The lowest BCUT2D eigenvalue weighted by molar-refractivity contribution is 0.639. The van der Waals surface area contributed by atoms with Crippen LogP contribution in [0.2, 0.25) is 0 Å². The molecule has 0 amide bonds. The van der Waals surface area contributed by atoms with Crippen LogP contribution in [0.25, 0.3) is 10.9 Å². The molecule has 2 nitrogen and oxygen atoms in total. The van der Waals surface area contributed by atoms with Crippen molar-refractivity contribution in [3.8, 4) is 6.07 Å². The van der Waals surface area contributed by atoms with Crippen LogP contribution in [0.3, 0.4) is 0 Å². The van der Waals surface area contributed by atoms with Gasteiger partial charge in [-0.1, -0.05) is 19.9 Å². The molecule has 0 atom stereocenters. The Morgan fingerprint density at radius 2 is 1.94 bits per heavy atom. The highest BCUT2D eigenvalue weighted by Crippen LogP contribution is 2.17. The van der Waals surface area contributed by atoms with Gasteiger partial charge in [-0.05, 0) is 23.8 Å². The summed E-state index contributed by atoms with van der Waals surface area (Å²) in [5, 5.41) is 9.08. The van der Waals surface area contributed by atoms with Gasteiger partial charge in [-0.3, -0.25) is 4.98 Å². The molecular weight excluding hydrogens is 202 g/mol. The minimum absolute atomic E-state index is 0.277. The first-order valence-corrected chi connectivity index (χ1v) is 4.97. The zero-order valence-electron chi connectivity index (χ0n) is 9.16. The van der Waals surface area contributed by atoms with Crippen LogP contribution in [0.4, 0.5) is 4.39 Å². The van der Waals surface area contributed by atoms with Crippen molar-refractivity contribution in [3.63, 3.8) is 0 Å². The number of benzene rings is 1. The summed E-state index contributed by atoms with van der Waals surface area (Å²) in [5.74, 6) is -0.397. The zero-order chi connectivity index (χ0) is 12.1. The Morgan fingerprint density at radius 1 is 1.25 bits per heavy atom. The first-order valence-electron chi connectivity index (χ1n) is 4.97. The third-order valence-corrected chi connectivity index (χ3v) is 1.95. The molecule has 2 aromatic rings. The molecule has 0 N–H and O–H groups in total. The Balaban J connectivity index is 0.000000606. The average molecular weight is 212 g/mol. The molecule has 1 heterocycles. The summed E-state index contributed by atoms with van der Waals surface area (Å²) < 4.78 is 13.2. The predicted octanol–water partition coefficient (Wildman–Crippen LogP) is 2.07. The molecule has 0 saturated carbocycles. The first-order chi connectivity index (χ1) is 7.72.